The van der Waals surface area contributed by atoms with Crippen LogP contribution >= 0.6 is 11.8 Å². The monoisotopic (exact) mass is 442 g/mol. The molecule has 0 aliphatic rings. The molecule has 0 bridgehead atoms. The van der Waals surface area contributed by atoms with E-state index >= 15 is 0 Å². The number of rotatable bonds is 11. The lowest BCUT2D eigenvalue weighted by molar-refractivity contribution is -0.138. The van der Waals surface area contributed by atoms with Gasteiger partial charge in [-0.15, -0.1) is 11.8 Å². The quantitative estimate of drug-likeness (QED) is 0.554. The molecule has 0 aliphatic carbocycles. The summed E-state index contributed by atoms with van der Waals surface area (Å²) in [6.07, 6.45) is 0.842. The van der Waals surface area contributed by atoms with E-state index in [-0.39, 0.29) is 17.9 Å². The van der Waals surface area contributed by atoms with Crippen LogP contribution in [0.15, 0.2) is 48.5 Å². The van der Waals surface area contributed by atoms with E-state index in [0.29, 0.717) is 12.3 Å². The van der Waals surface area contributed by atoms with Gasteiger partial charge < -0.3 is 15.0 Å². The molecule has 0 aliphatic heterocycles. The molecule has 2 atom stereocenters. The lowest BCUT2D eigenvalue weighted by atomic mass is 10.1. The summed E-state index contributed by atoms with van der Waals surface area (Å²) < 4.78 is 5.31. The molecule has 1 N–H and O–H groups in total. The van der Waals surface area contributed by atoms with E-state index in [0.717, 1.165) is 23.5 Å². The zero-order chi connectivity index (χ0) is 22.8. The Hall–Kier alpha value is -2.47. The number of carbonyl (C=O) groups is 2. The number of nitrogens with one attached hydrogen (secondary N) is 1. The molecular weight excluding hydrogens is 408 g/mol. The molecule has 0 saturated heterocycles. The Labute approximate surface area is 190 Å². The molecule has 2 rings (SSSR count). The van der Waals surface area contributed by atoms with Gasteiger partial charge in [0, 0.05) is 18.3 Å². The van der Waals surface area contributed by atoms with Gasteiger partial charge in [0.25, 0.3) is 0 Å². The number of hydrogen-bond acceptors (Lipinski definition) is 4. The van der Waals surface area contributed by atoms with Crippen molar-refractivity contribution in [2.24, 2.45) is 0 Å². The minimum atomic E-state index is -0.563. The standard InChI is InChI=1S/C25H34N2O3S/c1-6-19(3)26-25(29)20(4)27(15-21-11-9-13-23(14-21)30-5)24(28)17-31-16-22-12-8-7-10-18(22)2/h7-14,19-20H,6,15-17H2,1-5H3,(H,26,29)/t19-,20-/m0/s1. The first kappa shape index (κ1) is 24.8. The van der Waals surface area contributed by atoms with Crippen LogP contribution in [0.2, 0.25) is 0 Å². The maximum Gasteiger partial charge on any atom is 0.242 e. The first-order valence-corrected chi connectivity index (χ1v) is 11.9. The van der Waals surface area contributed by atoms with Gasteiger partial charge in [-0.25, -0.2) is 0 Å². The number of methoxy groups -OCH3 is 1. The van der Waals surface area contributed by atoms with Gasteiger partial charge in [0.2, 0.25) is 11.8 Å². The second-order valence-corrected chi connectivity index (χ2v) is 8.77. The number of hydrogen-bond donors (Lipinski definition) is 1. The summed E-state index contributed by atoms with van der Waals surface area (Å²) >= 11 is 1.58. The number of nitrogens with zero attached hydrogens (tertiary/aromatic N) is 1. The maximum absolute atomic E-state index is 13.2. The average molecular weight is 443 g/mol. The topological polar surface area (TPSA) is 58.6 Å². The van der Waals surface area contributed by atoms with Crippen molar-refractivity contribution in [1.29, 1.82) is 0 Å². The van der Waals surface area contributed by atoms with E-state index < -0.39 is 6.04 Å². The number of thioether (sulfide) groups is 1. The van der Waals surface area contributed by atoms with Crippen molar-refractivity contribution in [3.05, 3.63) is 65.2 Å². The fourth-order valence-electron chi connectivity index (χ4n) is 3.12. The van der Waals surface area contributed by atoms with Crippen LogP contribution in [-0.4, -0.2) is 41.7 Å². The van der Waals surface area contributed by atoms with Gasteiger partial charge >= 0.3 is 0 Å². The number of ether oxygens (including phenoxy) is 1. The number of amides is 2. The highest BCUT2D eigenvalue weighted by molar-refractivity contribution is 7.99. The van der Waals surface area contributed by atoms with E-state index in [4.69, 9.17) is 4.74 Å². The highest BCUT2D eigenvalue weighted by atomic mass is 32.2. The molecule has 0 fully saturated rings. The summed E-state index contributed by atoms with van der Waals surface area (Å²) in [6.45, 7) is 8.22. The van der Waals surface area contributed by atoms with Crippen LogP contribution < -0.4 is 10.1 Å². The van der Waals surface area contributed by atoms with Crippen molar-refractivity contribution in [2.45, 2.75) is 58.5 Å². The molecule has 0 aromatic heterocycles. The summed E-state index contributed by atoms with van der Waals surface area (Å²) in [5.74, 6) is 1.64. The van der Waals surface area contributed by atoms with E-state index in [1.165, 1.54) is 11.1 Å². The molecule has 0 spiro atoms. The van der Waals surface area contributed by atoms with Gasteiger partial charge in [0.1, 0.15) is 11.8 Å². The third kappa shape index (κ3) is 7.62. The molecule has 0 radical (unpaired) electrons. The molecule has 5 nitrogen and oxygen atoms in total. The molecule has 31 heavy (non-hydrogen) atoms. The molecule has 0 unspecified atom stereocenters. The van der Waals surface area contributed by atoms with Crippen LogP contribution in [0, 0.1) is 6.92 Å². The van der Waals surface area contributed by atoms with Crippen LogP contribution in [0.25, 0.3) is 0 Å². The van der Waals surface area contributed by atoms with Gasteiger partial charge in [-0.2, -0.15) is 0 Å². The van der Waals surface area contributed by atoms with Crippen LogP contribution in [0.1, 0.15) is 43.9 Å². The first-order valence-electron chi connectivity index (χ1n) is 10.7. The van der Waals surface area contributed by atoms with Crippen molar-refractivity contribution < 1.29 is 14.3 Å². The fraction of sp³-hybridized carbons (Fsp3) is 0.440. The molecule has 2 amide bonds. The molecule has 6 heteroatoms. The Morgan fingerprint density at radius 1 is 1.13 bits per heavy atom. The van der Waals surface area contributed by atoms with Crippen molar-refractivity contribution in [2.75, 3.05) is 12.9 Å². The molecular formula is C25H34N2O3S. The van der Waals surface area contributed by atoms with E-state index in [1.807, 2.05) is 50.2 Å². The van der Waals surface area contributed by atoms with Gasteiger partial charge in [-0.05, 0) is 56.0 Å². The molecule has 0 saturated carbocycles. The summed E-state index contributed by atoms with van der Waals surface area (Å²) in [7, 11) is 1.62. The third-order valence-electron chi connectivity index (χ3n) is 5.40. The lowest BCUT2D eigenvalue weighted by Crippen LogP contribution is -2.50. The van der Waals surface area contributed by atoms with Crippen molar-refractivity contribution in [3.63, 3.8) is 0 Å². The number of carbonyl (C=O) groups excluding carboxylic acids is 2. The molecule has 2 aromatic rings. The Balaban J connectivity index is 2.11. The van der Waals surface area contributed by atoms with E-state index in [1.54, 1.807) is 30.7 Å². The first-order chi connectivity index (χ1) is 14.8. The average Bonchev–Trinajstić information content (AvgIpc) is 2.78. The number of benzene rings is 2. The van der Waals surface area contributed by atoms with Crippen LogP contribution in [0.5, 0.6) is 5.75 Å². The van der Waals surface area contributed by atoms with Gasteiger partial charge in [-0.1, -0.05) is 43.3 Å². The van der Waals surface area contributed by atoms with E-state index in [9.17, 15) is 9.59 Å². The van der Waals surface area contributed by atoms with Gasteiger partial charge in [0.15, 0.2) is 0 Å². The van der Waals surface area contributed by atoms with Crippen molar-refractivity contribution in [1.82, 2.24) is 10.2 Å². The summed E-state index contributed by atoms with van der Waals surface area (Å²) in [5.41, 5.74) is 3.37. The largest absolute Gasteiger partial charge is 0.497 e. The Morgan fingerprint density at radius 3 is 2.55 bits per heavy atom. The minimum Gasteiger partial charge on any atom is -0.497 e. The Bertz CT molecular complexity index is 871. The summed E-state index contributed by atoms with van der Waals surface area (Å²) in [4.78, 5) is 27.6. The lowest BCUT2D eigenvalue weighted by Gasteiger charge is -2.29. The highest BCUT2D eigenvalue weighted by Crippen LogP contribution is 2.20. The van der Waals surface area contributed by atoms with Crippen LogP contribution in [0.3, 0.4) is 0 Å². The SMILES string of the molecule is CC[C@H](C)NC(=O)[C@H](C)N(Cc1cccc(OC)c1)C(=O)CSCc1ccccc1C. The van der Waals surface area contributed by atoms with Crippen LogP contribution in [-0.2, 0) is 21.9 Å². The predicted octanol–water partition coefficient (Wildman–Crippen LogP) is 4.57. The summed E-state index contributed by atoms with van der Waals surface area (Å²) in [6, 6.07) is 15.3. The van der Waals surface area contributed by atoms with Crippen LogP contribution in [0.4, 0.5) is 0 Å². The Kier molecular flexibility index (Phi) is 9.92. The minimum absolute atomic E-state index is 0.0480. The molecule has 0 heterocycles. The predicted molar refractivity (Wildman–Crippen MR) is 128 cm³/mol. The second kappa shape index (κ2) is 12.4. The summed E-state index contributed by atoms with van der Waals surface area (Å²) in [5, 5.41) is 3.00. The zero-order valence-corrected chi connectivity index (χ0v) is 20.0. The highest BCUT2D eigenvalue weighted by Gasteiger charge is 2.26. The molecule has 2 aromatic carbocycles. The van der Waals surface area contributed by atoms with Crippen molar-refractivity contribution >= 4 is 23.6 Å². The zero-order valence-electron chi connectivity index (χ0n) is 19.2. The fourth-order valence-corrected chi connectivity index (χ4v) is 4.11. The van der Waals surface area contributed by atoms with Gasteiger partial charge in [0.05, 0.1) is 12.9 Å². The smallest absolute Gasteiger partial charge is 0.242 e. The third-order valence-corrected chi connectivity index (χ3v) is 6.37. The maximum atomic E-state index is 13.2. The number of aryl methyl sites for hydroxylation is 1. The van der Waals surface area contributed by atoms with E-state index in [2.05, 4.69) is 24.4 Å². The van der Waals surface area contributed by atoms with Crippen molar-refractivity contribution in [3.8, 4) is 5.75 Å². The Morgan fingerprint density at radius 2 is 1.87 bits per heavy atom. The van der Waals surface area contributed by atoms with Gasteiger partial charge in [-0.3, -0.25) is 9.59 Å². The normalized spacial score (nSPS) is 12.7. The second-order valence-electron chi connectivity index (χ2n) is 7.79. The molecule has 168 valence electrons.